The van der Waals surface area contributed by atoms with Gasteiger partial charge in [0.15, 0.2) is 12.4 Å². The molecule has 144 valence electrons. The van der Waals surface area contributed by atoms with Gasteiger partial charge in [-0.25, -0.2) is 13.9 Å². The molecule has 3 aromatic rings. The molecule has 3 fully saturated rings. The monoisotopic (exact) mass is 381 g/mol. The summed E-state index contributed by atoms with van der Waals surface area (Å²) in [7, 11) is 0. The summed E-state index contributed by atoms with van der Waals surface area (Å²) >= 11 is 0. The molecule has 1 amide bonds. The first-order valence-electron chi connectivity index (χ1n) is 9.23. The van der Waals surface area contributed by atoms with E-state index in [0.717, 1.165) is 36.3 Å². The summed E-state index contributed by atoms with van der Waals surface area (Å²) in [5.74, 6) is 0.800. The van der Waals surface area contributed by atoms with Gasteiger partial charge in [-0.1, -0.05) is 0 Å². The summed E-state index contributed by atoms with van der Waals surface area (Å²) in [4.78, 5) is 16.7. The number of hydrogen-bond donors (Lipinski definition) is 2. The van der Waals surface area contributed by atoms with Crippen LogP contribution in [0.4, 0.5) is 10.2 Å². The number of amides is 1. The molecule has 3 aliphatic carbocycles. The molecule has 0 aliphatic heterocycles. The number of halogens is 1. The van der Waals surface area contributed by atoms with Crippen molar-refractivity contribution in [3.8, 4) is 5.75 Å². The van der Waals surface area contributed by atoms with E-state index in [9.17, 15) is 9.18 Å². The van der Waals surface area contributed by atoms with Gasteiger partial charge in [0.1, 0.15) is 17.1 Å². The lowest BCUT2D eigenvalue weighted by Crippen LogP contribution is -2.81. The van der Waals surface area contributed by atoms with Crippen molar-refractivity contribution < 1.29 is 13.9 Å². The second-order valence-electron chi connectivity index (χ2n) is 7.90. The predicted octanol–water partition coefficient (Wildman–Crippen LogP) is 2.46. The quantitative estimate of drug-likeness (QED) is 0.686. The molecule has 2 heterocycles. The number of fused-ring (bicyclic) bond motifs is 1. The molecule has 3 saturated carbocycles. The fourth-order valence-corrected chi connectivity index (χ4v) is 4.46. The normalized spacial score (nSPS) is 24.9. The van der Waals surface area contributed by atoms with Crippen molar-refractivity contribution in [2.45, 2.75) is 37.3 Å². The topological polar surface area (TPSA) is 80.5 Å². The first-order chi connectivity index (χ1) is 13.4. The zero-order valence-electron chi connectivity index (χ0n) is 15.4. The van der Waals surface area contributed by atoms with Gasteiger partial charge in [0, 0.05) is 23.5 Å². The molecule has 8 heteroatoms. The van der Waals surface area contributed by atoms with Crippen LogP contribution in [0.1, 0.15) is 25.0 Å². The highest BCUT2D eigenvalue weighted by Crippen LogP contribution is 2.61. The van der Waals surface area contributed by atoms with Gasteiger partial charge in [-0.2, -0.15) is 5.10 Å². The predicted molar refractivity (Wildman–Crippen MR) is 101 cm³/mol. The number of benzene rings is 1. The minimum absolute atomic E-state index is 0.0158. The van der Waals surface area contributed by atoms with E-state index < -0.39 is 0 Å². The first kappa shape index (κ1) is 17.0. The summed E-state index contributed by atoms with van der Waals surface area (Å²) < 4.78 is 20.1. The van der Waals surface area contributed by atoms with Crippen LogP contribution < -0.4 is 15.4 Å². The SMILES string of the molecule is Cc1cc2c(NC34CC(NC(=O)COc5ccc(F)cc5)(C3)C4)nccn2n1. The Morgan fingerprint density at radius 1 is 1.25 bits per heavy atom. The number of hydrogen-bond acceptors (Lipinski definition) is 5. The summed E-state index contributed by atoms with van der Waals surface area (Å²) in [6, 6.07) is 7.63. The van der Waals surface area contributed by atoms with E-state index >= 15 is 0 Å². The van der Waals surface area contributed by atoms with Crippen molar-refractivity contribution in [3.05, 3.63) is 54.2 Å². The summed E-state index contributed by atoms with van der Waals surface area (Å²) in [6.45, 7) is 1.88. The molecule has 0 radical (unpaired) electrons. The number of aromatic nitrogens is 3. The average molecular weight is 381 g/mol. The van der Waals surface area contributed by atoms with E-state index in [1.54, 1.807) is 6.20 Å². The van der Waals surface area contributed by atoms with E-state index in [0.29, 0.717) is 5.75 Å². The van der Waals surface area contributed by atoms with Gasteiger partial charge in [-0.15, -0.1) is 0 Å². The maximum absolute atomic E-state index is 12.9. The van der Waals surface area contributed by atoms with Crippen LogP contribution in [0.3, 0.4) is 0 Å². The number of nitrogens with zero attached hydrogens (tertiary/aromatic N) is 3. The van der Waals surface area contributed by atoms with E-state index in [-0.39, 0.29) is 29.4 Å². The standard InChI is InChI=1S/C20H20FN5O2/c1-13-8-16-18(22-6-7-26(16)25-13)24-20-10-19(11-20,12-20)23-17(27)9-28-15-4-2-14(21)3-5-15/h2-8H,9-12H2,1H3,(H,22,24)(H,23,27). The van der Waals surface area contributed by atoms with Gasteiger partial charge in [-0.05, 0) is 56.5 Å². The fourth-order valence-electron chi connectivity index (χ4n) is 4.46. The third-order valence-electron chi connectivity index (χ3n) is 5.51. The number of nitrogens with one attached hydrogen (secondary N) is 2. The molecule has 3 aliphatic rings. The third-order valence-corrected chi connectivity index (χ3v) is 5.51. The minimum Gasteiger partial charge on any atom is -0.484 e. The van der Waals surface area contributed by atoms with E-state index in [4.69, 9.17) is 4.74 Å². The van der Waals surface area contributed by atoms with Gasteiger partial charge in [0.25, 0.3) is 5.91 Å². The highest BCUT2D eigenvalue weighted by molar-refractivity contribution is 5.79. The number of anilines is 1. The molecular weight excluding hydrogens is 361 g/mol. The molecular formula is C20H20FN5O2. The lowest BCUT2D eigenvalue weighted by atomic mass is 9.44. The van der Waals surface area contributed by atoms with Gasteiger partial charge in [0.2, 0.25) is 0 Å². The second-order valence-corrected chi connectivity index (χ2v) is 7.90. The Kier molecular flexibility index (Phi) is 3.59. The zero-order valence-corrected chi connectivity index (χ0v) is 15.4. The van der Waals surface area contributed by atoms with Gasteiger partial charge < -0.3 is 15.4 Å². The third kappa shape index (κ3) is 2.85. The smallest absolute Gasteiger partial charge is 0.258 e. The molecule has 6 rings (SSSR count). The van der Waals surface area contributed by atoms with Crippen molar-refractivity contribution in [1.82, 2.24) is 19.9 Å². The molecule has 2 N–H and O–H groups in total. The van der Waals surface area contributed by atoms with Crippen molar-refractivity contribution in [2.75, 3.05) is 11.9 Å². The Bertz CT molecular complexity index is 1040. The van der Waals surface area contributed by atoms with Crippen LogP contribution in [0.15, 0.2) is 42.7 Å². The van der Waals surface area contributed by atoms with Crippen LogP contribution in [0.2, 0.25) is 0 Å². The molecule has 7 nitrogen and oxygen atoms in total. The van der Waals surface area contributed by atoms with Crippen LogP contribution in [0.5, 0.6) is 5.75 Å². The highest BCUT2D eigenvalue weighted by atomic mass is 19.1. The summed E-state index contributed by atoms with van der Waals surface area (Å²) in [6.07, 6.45) is 6.14. The molecule has 0 saturated heterocycles. The zero-order chi connectivity index (χ0) is 19.4. The number of rotatable bonds is 6. The lowest BCUT2D eigenvalue weighted by Gasteiger charge is -2.70. The maximum Gasteiger partial charge on any atom is 0.258 e. The number of carbonyl (C=O) groups excluding carboxylic acids is 1. The van der Waals surface area contributed by atoms with Crippen molar-refractivity contribution >= 4 is 17.2 Å². The summed E-state index contributed by atoms with van der Waals surface area (Å²) in [5.41, 5.74) is 1.73. The fraction of sp³-hybridized carbons (Fsp3) is 0.350. The second kappa shape index (κ2) is 5.92. The molecule has 28 heavy (non-hydrogen) atoms. The van der Waals surface area contributed by atoms with Crippen molar-refractivity contribution in [2.24, 2.45) is 0 Å². The Hall–Kier alpha value is -3.16. The van der Waals surface area contributed by atoms with Crippen molar-refractivity contribution in [1.29, 1.82) is 0 Å². The highest BCUT2D eigenvalue weighted by Gasteiger charge is 2.69. The van der Waals surface area contributed by atoms with E-state index in [1.807, 2.05) is 23.7 Å². The summed E-state index contributed by atoms with van der Waals surface area (Å²) in [5, 5.41) is 11.0. The Balaban J connectivity index is 1.16. The molecule has 2 bridgehead atoms. The largest absolute Gasteiger partial charge is 0.484 e. The number of carbonyl (C=O) groups is 1. The molecule has 0 unspecified atom stereocenters. The van der Waals surface area contributed by atoms with E-state index in [1.165, 1.54) is 24.3 Å². The molecule has 1 aromatic carbocycles. The Morgan fingerprint density at radius 2 is 2.00 bits per heavy atom. The Labute approximate surface area is 160 Å². The maximum atomic E-state index is 12.9. The van der Waals surface area contributed by atoms with Gasteiger partial charge in [0.05, 0.1) is 5.69 Å². The van der Waals surface area contributed by atoms with Crippen LogP contribution in [-0.2, 0) is 4.79 Å². The first-order valence-corrected chi connectivity index (χ1v) is 9.23. The lowest BCUT2D eigenvalue weighted by molar-refractivity contribution is -0.135. The van der Waals surface area contributed by atoms with Gasteiger partial charge >= 0.3 is 0 Å². The van der Waals surface area contributed by atoms with Crippen molar-refractivity contribution in [3.63, 3.8) is 0 Å². The average Bonchev–Trinajstić information content (AvgIpc) is 2.99. The molecule has 2 aromatic heterocycles. The van der Waals surface area contributed by atoms with Gasteiger partial charge in [-0.3, -0.25) is 4.79 Å². The number of ether oxygens (including phenoxy) is 1. The van der Waals surface area contributed by atoms with Crippen LogP contribution >= 0.6 is 0 Å². The minimum atomic E-state index is -0.334. The molecule has 0 atom stereocenters. The van der Waals surface area contributed by atoms with Crippen LogP contribution in [0.25, 0.3) is 5.52 Å². The van der Waals surface area contributed by atoms with Crippen LogP contribution in [0, 0.1) is 12.7 Å². The number of aryl methyl sites for hydroxylation is 1. The molecule has 0 spiro atoms. The van der Waals surface area contributed by atoms with Crippen LogP contribution in [-0.4, -0.2) is 38.2 Å². The Morgan fingerprint density at radius 3 is 2.75 bits per heavy atom. The van der Waals surface area contributed by atoms with E-state index in [2.05, 4.69) is 20.7 Å².